The van der Waals surface area contributed by atoms with E-state index in [0.717, 1.165) is 22.9 Å². The number of rotatable bonds is 6. The summed E-state index contributed by atoms with van der Waals surface area (Å²) < 4.78 is 16.2. The van der Waals surface area contributed by atoms with Crippen molar-refractivity contribution >= 4 is 37.7 Å². The number of nitrogens with one attached hydrogen (secondary N) is 1. The molecular weight excluding hydrogens is 334 g/mol. The zero-order valence-electron chi connectivity index (χ0n) is 11.9. The van der Waals surface area contributed by atoms with Crippen molar-refractivity contribution < 1.29 is 4.21 Å². The van der Waals surface area contributed by atoms with Gasteiger partial charge in [0.2, 0.25) is 0 Å². The second-order valence-electron chi connectivity index (χ2n) is 4.93. The van der Waals surface area contributed by atoms with E-state index in [1.54, 1.807) is 0 Å². The van der Waals surface area contributed by atoms with E-state index in [0.29, 0.717) is 5.75 Å². The Labute approximate surface area is 131 Å². The molecule has 2 atom stereocenters. The van der Waals surface area contributed by atoms with Crippen LogP contribution in [0.2, 0.25) is 0 Å². The fraction of sp³-hybridized carbons (Fsp3) is 0.375. The predicted octanol–water partition coefficient (Wildman–Crippen LogP) is 4.72. The monoisotopic (exact) mass is 353 g/mol. The molecule has 0 spiro atoms. The van der Waals surface area contributed by atoms with E-state index in [4.69, 9.17) is 0 Å². The maximum atomic E-state index is 11.9. The van der Waals surface area contributed by atoms with Gasteiger partial charge in [-0.05, 0) is 45.6 Å². The van der Waals surface area contributed by atoms with Crippen molar-refractivity contribution in [3.05, 3.63) is 46.4 Å². The fourth-order valence-electron chi connectivity index (χ4n) is 2.18. The van der Waals surface area contributed by atoms with E-state index < -0.39 is 11.0 Å². The Bertz CT molecular complexity index is 614. The average molecular weight is 354 g/mol. The van der Waals surface area contributed by atoms with Crippen molar-refractivity contribution in [1.82, 2.24) is 4.72 Å². The molecule has 1 N–H and O–H groups in total. The predicted molar refractivity (Wildman–Crippen MR) is 91.1 cm³/mol. The summed E-state index contributed by atoms with van der Waals surface area (Å²) in [7, 11) is -0.963. The summed E-state index contributed by atoms with van der Waals surface area (Å²) >= 11 is 3.69. The van der Waals surface area contributed by atoms with Crippen LogP contribution in [0.4, 0.5) is 0 Å². The van der Waals surface area contributed by atoms with Crippen LogP contribution in [-0.2, 0) is 11.0 Å². The number of fused-ring (bicyclic) bond motifs is 1. The molecule has 2 unspecified atom stereocenters. The van der Waals surface area contributed by atoms with Gasteiger partial charge in [-0.3, -0.25) is 0 Å². The highest BCUT2D eigenvalue weighted by Gasteiger charge is 2.13. The molecule has 0 saturated carbocycles. The largest absolute Gasteiger partial charge is 0.243 e. The van der Waals surface area contributed by atoms with Crippen molar-refractivity contribution in [2.24, 2.45) is 0 Å². The molecule has 2 aromatic rings. The highest BCUT2D eigenvalue weighted by Crippen LogP contribution is 2.31. The number of hydrogen-bond acceptors (Lipinski definition) is 1. The molecule has 2 rings (SSSR count). The minimum absolute atomic E-state index is 0.0617. The van der Waals surface area contributed by atoms with Gasteiger partial charge in [-0.15, -0.1) is 0 Å². The number of halogens is 1. The molecular formula is C16H20BrNOS. The van der Waals surface area contributed by atoms with Gasteiger partial charge in [-0.2, -0.15) is 0 Å². The zero-order valence-corrected chi connectivity index (χ0v) is 14.3. The van der Waals surface area contributed by atoms with Crippen LogP contribution in [0.25, 0.3) is 10.8 Å². The Morgan fingerprint density at radius 2 is 2.00 bits per heavy atom. The molecule has 0 bridgehead atoms. The molecule has 0 radical (unpaired) electrons. The standard InChI is InChI=1S/C16H20BrNOS/c1-3-4-11-20(19)18-12(2)14-10-9-13-7-5-6-8-15(13)16(14)17/h5-10,12,18H,3-4,11H2,1-2H3. The quantitative estimate of drug-likeness (QED) is 0.799. The molecule has 4 heteroatoms. The van der Waals surface area contributed by atoms with E-state index in [9.17, 15) is 4.21 Å². The number of unbranched alkanes of at least 4 members (excludes halogenated alkanes) is 1. The summed E-state index contributed by atoms with van der Waals surface area (Å²) in [5.41, 5.74) is 1.15. The van der Waals surface area contributed by atoms with E-state index in [1.807, 2.05) is 12.1 Å². The van der Waals surface area contributed by atoms with Crippen LogP contribution in [0.3, 0.4) is 0 Å². The lowest BCUT2D eigenvalue weighted by molar-refractivity contribution is 0.647. The lowest BCUT2D eigenvalue weighted by atomic mass is 10.0. The molecule has 2 nitrogen and oxygen atoms in total. The Hall–Kier alpha value is -0.710. The molecule has 0 heterocycles. The lowest BCUT2D eigenvalue weighted by Crippen LogP contribution is -2.23. The van der Waals surface area contributed by atoms with E-state index in [1.165, 1.54) is 10.8 Å². The Morgan fingerprint density at radius 3 is 2.75 bits per heavy atom. The van der Waals surface area contributed by atoms with Crippen LogP contribution in [0, 0.1) is 0 Å². The highest BCUT2D eigenvalue weighted by atomic mass is 79.9. The van der Waals surface area contributed by atoms with Crippen molar-refractivity contribution in [2.75, 3.05) is 5.75 Å². The zero-order chi connectivity index (χ0) is 14.5. The molecule has 108 valence electrons. The molecule has 0 saturated heterocycles. The molecule has 2 aromatic carbocycles. The smallest absolute Gasteiger partial charge is 0.0920 e. The molecule has 0 aliphatic heterocycles. The summed E-state index contributed by atoms with van der Waals surface area (Å²) in [6.45, 7) is 4.17. The number of hydrogen-bond donors (Lipinski definition) is 1. The maximum absolute atomic E-state index is 11.9. The van der Waals surface area contributed by atoms with Crippen molar-refractivity contribution in [3.63, 3.8) is 0 Å². The van der Waals surface area contributed by atoms with Gasteiger partial charge in [0.15, 0.2) is 0 Å². The fourth-order valence-corrected chi connectivity index (χ4v) is 4.21. The highest BCUT2D eigenvalue weighted by molar-refractivity contribution is 9.10. The van der Waals surface area contributed by atoms with Crippen LogP contribution in [-0.4, -0.2) is 9.96 Å². The third-order valence-electron chi connectivity index (χ3n) is 3.35. The summed E-state index contributed by atoms with van der Waals surface area (Å²) in [5.74, 6) is 0.714. The van der Waals surface area contributed by atoms with E-state index >= 15 is 0 Å². The van der Waals surface area contributed by atoms with Crippen LogP contribution in [0.5, 0.6) is 0 Å². The molecule has 0 fully saturated rings. The first-order valence-electron chi connectivity index (χ1n) is 6.95. The Balaban J connectivity index is 2.20. The van der Waals surface area contributed by atoms with Crippen LogP contribution in [0.15, 0.2) is 40.9 Å². The lowest BCUT2D eigenvalue weighted by Gasteiger charge is -2.16. The summed E-state index contributed by atoms with van der Waals surface area (Å²) in [5, 5.41) is 2.40. The molecule has 20 heavy (non-hydrogen) atoms. The first kappa shape index (κ1) is 15.7. The van der Waals surface area contributed by atoms with Gasteiger partial charge in [-0.1, -0.05) is 49.7 Å². The van der Waals surface area contributed by atoms with Gasteiger partial charge < -0.3 is 0 Å². The van der Waals surface area contributed by atoms with Gasteiger partial charge in [0.1, 0.15) is 0 Å². The van der Waals surface area contributed by atoms with Crippen molar-refractivity contribution in [3.8, 4) is 0 Å². The van der Waals surface area contributed by atoms with Gasteiger partial charge in [0.05, 0.1) is 11.0 Å². The molecule has 0 aliphatic rings. The van der Waals surface area contributed by atoms with Gasteiger partial charge in [0, 0.05) is 16.3 Å². The van der Waals surface area contributed by atoms with Crippen LogP contribution < -0.4 is 4.72 Å². The topological polar surface area (TPSA) is 29.1 Å². The normalized spacial score (nSPS) is 14.3. The number of benzene rings is 2. The van der Waals surface area contributed by atoms with Crippen LogP contribution in [0.1, 0.15) is 38.3 Å². The Morgan fingerprint density at radius 1 is 1.25 bits per heavy atom. The molecule has 0 aliphatic carbocycles. The third-order valence-corrected chi connectivity index (χ3v) is 5.51. The first-order valence-corrected chi connectivity index (χ1v) is 9.06. The third kappa shape index (κ3) is 3.68. The second kappa shape index (κ2) is 7.34. The van der Waals surface area contributed by atoms with Gasteiger partial charge in [0.25, 0.3) is 0 Å². The maximum Gasteiger partial charge on any atom is 0.0920 e. The van der Waals surface area contributed by atoms with E-state index in [-0.39, 0.29) is 6.04 Å². The SMILES string of the molecule is CCCCS(=O)NC(C)c1ccc2ccccc2c1Br. The first-order chi connectivity index (χ1) is 9.63. The molecule has 0 aromatic heterocycles. The van der Waals surface area contributed by atoms with E-state index in [2.05, 4.69) is 58.8 Å². The summed E-state index contributed by atoms with van der Waals surface area (Å²) in [6.07, 6.45) is 2.06. The minimum atomic E-state index is -0.963. The van der Waals surface area contributed by atoms with Gasteiger partial charge in [-0.25, -0.2) is 8.93 Å². The summed E-state index contributed by atoms with van der Waals surface area (Å²) in [6, 6.07) is 12.5. The molecule has 0 amide bonds. The average Bonchev–Trinajstić information content (AvgIpc) is 2.45. The second-order valence-corrected chi connectivity index (χ2v) is 7.06. The minimum Gasteiger partial charge on any atom is -0.243 e. The Kier molecular flexibility index (Phi) is 5.75. The van der Waals surface area contributed by atoms with Crippen molar-refractivity contribution in [2.45, 2.75) is 32.7 Å². The van der Waals surface area contributed by atoms with Crippen molar-refractivity contribution in [1.29, 1.82) is 0 Å². The van der Waals surface area contributed by atoms with Gasteiger partial charge >= 0.3 is 0 Å². The van der Waals surface area contributed by atoms with Crippen LogP contribution >= 0.6 is 15.9 Å². The summed E-state index contributed by atoms with van der Waals surface area (Å²) in [4.78, 5) is 0.